The van der Waals surface area contributed by atoms with Gasteiger partial charge in [0, 0.05) is 45.6 Å². The minimum absolute atomic E-state index is 0.0551. The lowest BCUT2D eigenvalue weighted by atomic mass is 9.83. The minimum atomic E-state index is -1.51. The highest BCUT2D eigenvalue weighted by Crippen LogP contribution is 2.38. The number of cyclic esters (lactones) is 1. The predicted molar refractivity (Wildman–Crippen MR) is 208 cm³/mol. The van der Waals surface area contributed by atoms with Gasteiger partial charge in [0.15, 0.2) is 24.5 Å². The van der Waals surface area contributed by atoms with E-state index in [9.17, 15) is 34.2 Å². The van der Waals surface area contributed by atoms with E-state index in [2.05, 4.69) is 0 Å². The van der Waals surface area contributed by atoms with E-state index >= 15 is 0 Å². The van der Waals surface area contributed by atoms with Gasteiger partial charge in [-0.1, -0.05) is 20.8 Å². The molecule has 2 N–H and O–H groups in total. The zero-order valence-corrected chi connectivity index (χ0v) is 36.3. The van der Waals surface area contributed by atoms with E-state index in [-0.39, 0.29) is 49.6 Å². The molecule has 10 unspecified atom stereocenters. The standard InChI is InChI=1S/C42H67NO16/c1-21(2)16-32(47)57-40-25(6)53-34(20-42(40,8)50)58-37-24(5)54-41(36(49)35(37)43(9)10)59-38-27(14-15-44)17-22(3)28(46)12-13-29-30(56-29)18-23(4)52-33(48)19-31(39(38)51-11)55-26(7)45/h12-13,15,21-25,27,29-31,34-41,49-50H,14,16-20H2,1-11H3/t22-,23-,24?,25?,27+,29?,30+,31-,34?,35?,36?,37?,38+,39+,40?,41?,42?/m1/s1. The van der Waals surface area contributed by atoms with Crippen LogP contribution in [0.3, 0.4) is 0 Å². The van der Waals surface area contributed by atoms with Crippen molar-refractivity contribution < 1.29 is 76.8 Å². The van der Waals surface area contributed by atoms with Crippen molar-refractivity contribution in [2.45, 2.75) is 185 Å². The average Bonchev–Trinajstić information content (AvgIpc) is 3.85. The molecule has 0 aromatic heterocycles. The fourth-order valence-corrected chi connectivity index (χ4v) is 8.51. The number of esters is 3. The topological polar surface area (TPSA) is 215 Å². The van der Waals surface area contributed by atoms with Gasteiger partial charge in [-0.25, -0.2) is 0 Å². The molecule has 0 aromatic rings. The normalized spacial score (nSPS) is 41.2. The molecule has 0 amide bonds. The molecule has 4 aliphatic rings. The molecule has 0 saturated carbocycles. The number of carbonyl (C=O) groups excluding carboxylic acids is 5. The summed E-state index contributed by atoms with van der Waals surface area (Å²) in [5.74, 6) is -3.35. The van der Waals surface area contributed by atoms with Crippen molar-refractivity contribution in [3.8, 4) is 0 Å². The van der Waals surface area contributed by atoms with Crippen LogP contribution in [0.4, 0.5) is 0 Å². The van der Waals surface area contributed by atoms with Crippen LogP contribution in [0.25, 0.3) is 0 Å². The van der Waals surface area contributed by atoms with Crippen molar-refractivity contribution in [3.05, 3.63) is 12.2 Å². The van der Waals surface area contributed by atoms with Crippen molar-refractivity contribution in [1.29, 1.82) is 0 Å². The molecular formula is C42H67NO16. The summed E-state index contributed by atoms with van der Waals surface area (Å²) in [5.41, 5.74) is -1.51. The van der Waals surface area contributed by atoms with Gasteiger partial charge < -0.3 is 62.5 Å². The molecule has 0 aromatic carbocycles. The summed E-state index contributed by atoms with van der Waals surface area (Å²) in [6.07, 6.45) is -7.99. The number of likely N-dealkylation sites (N-methyl/N-ethyl adjacent to an activating group) is 1. The summed E-state index contributed by atoms with van der Waals surface area (Å²) in [5, 5.41) is 23.5. The Labute approximate surface area is 347 Å². The van der Waals surface area contributed by atoms with Crippen LogP contribution in [0.15, 0.2) is 12.2 Å². The molecule has 0 aliphatic carbocycles. The molecule has 4 rings (SSSR count). The number of carbonyl (C=O) groups is 5. The van der Waals surface area contributed by atoms with Crippen LogP contribution < -0.4 is 0 Å². The lowest BCUT2D eigenvalue weighted by Crippen LogP contribution is -2.66. The third kappa shape index (κ3) is 13.3. The first-order chi connectivity index (χ1) is 27.6. The van der Waals surface area contributed by atoms with E-state index in [4.69, 9.17) is 42.6 Å². The number of ether oxygens (including phenoxy) is 9. The second-order valence-corrected chi connectivity index (χ2v) is 17.5. The van der Waals surface area contributed by atoms with Gasteiger partial charge >= 0.3 is 17.9 Å². The molecular weight excluding hydrogens is 774 g/mol. The van der Waals surface area contributed by atoms with Crippen molar-refractivity contribution in [1.82, 2.24) is 4.90 Å². The van der Waals surface area contributed by atoms with Crippen LogP contribution in [-0.4, -0.2) is 158 Å². The third-order valence-electron chi connectivity index (χ3n) is 11.4. The maximum Gasteiger partial charge on any atom is 0.309 e. The zero-order chi connectivity index (χ0) is 43.9. The number of aliphatic hydroxyl groups excluding tert-OH is 1. The summed E-state index contributed by atoms with van der Waals surface area (Å²) in [6.45, 7) is 13.4. The fourth-order valence-electron chi connectivity index (χ4n) is 8.51. The van der Waals surface area contributed by atoms with Crippen LogP contribution in [0.2, 0.25) is 0 Å². The first kappa shape index (κ1) is 48.8. The van der Waals surface area contributed by atoms with Crippen LogP contribution in [0.1, 0.15) is 93.9 Å². The Morgan fingerprint density at radius 3 is 2.29 bits per heavy atom. The van der Waals surface area contributed by atoms with E-state index in [0.717, 1.165) is 0 Å². The number of rotatable bonds is 12. The lowest BCUT2D eigenvalue weighted by Gasteiger charge is -2.50. The van der Waals surface area contributed by atoms with E-state index in [1.165, 1.54) is 20.1 Å². The average molecular weight is 842 g/mol. The van der Waals surface area contributed by atoms with Gasteiger partial charge in [-0.3, -0.25) is 19.2 Å². The Morgan fingerprint density at radius 2 is 1.69 bits per heavy atom. The van der Waals surface area contributed by atoms with Crippen molar-refractivity contribution >= 4 is 30.0 Å². The van der Waals surface area contributed by atoms with E-state index in [1.54, 1.807) is 59.7 Å². The van der Waals surface area contributed by atoms with Gasteiger partial charge in [0.1, 0.15) is 48.5 Å². The van der Waals surface area contributed by atoms with Crippen LogP contribution in [-0.2, 0) is 66.6 Å². The SMILES string of the molecule is CO[C@@H]1[C@@H](OC2OC(C)C(OC3CC(C)(O)C(OC(=O)CC(C)C)C(C)O3)C(N(C)C)C2O)[C@@H](CC=O)C[C@@H](C)C(=O)C=CC2O[C@H]2C[C@@H](C)OC(=O)C[C@H]1OC(C)=O. The minimum Gasteiger partial charge on any atom is -0.462 e. The van der Waals surface area contributed by atoms with Crippen LogP contribution in [0, 0.1) is 17.8 Å². The quantitative estimate of drug-likeness (QED) is 0.125. The molecule has 4 heterocycles. The number of fused-ring (bicyclic) bond motifs is 1. The van der Waals surface area contributed by atoms with Crippen LogP contribution >= 0.6 is 0 Å². The molecule has 4 aliphatic heterocycles. The molecule has 3 saturated heterocycles. The van der Waals surface area contributed by atoms with Crippen molar-refractivity contribution in [2.75, 3.05) is 21.2 Å². The van der Waals surface area contributed by atoms with Gasteiger partial charge in [0.2, 0.25) is 0 Å². The second kappa shape index (κ2) is 21.3. The molecule has 0 spiro atoms. The largest absolute Gasteiger partial charge is 0.462 e. The Balaban J connectivity index is 1.64. The highest BCUT2D eigenvalue weighted by atomic mass is 16.7. The molecule has 0 radical (unpaired) electrons. The summed E-state index contributed by atoms with van der Waals surface area (Å²) < 4.78 is 54.2. The van der Waals surface area contributed by atoms with E-state index < -0.39 is 115 Å². The van der Waals surface area contributed by atoms with Gasteiger partial charge in [0.05, 0.1) is 36.9 Å². The van der Waals surface area contributed by atoms with Crippen LogP contribution in [0.5, 0.6) is 0 Å². The molecule has 3 fully saturated rings. The number of methoxy groups -OCH3 is 1. The predicted octanol–water partition coefficient (Wildman–Crippen LogP) is 2.43. The molecule has 336 valence electrons. The van der Waals surface area contributed by atoms with E-state index in [0.29, 0.717) is 12.7 Å². The first-order valence-electron chi connectivity index (χ1n) is 20.7. The molecule has 17 atom stereocenters. The first-order valence-corrected chi connectivity index (χ1v) is 20.7. The number of epoxide rings is 1. The molecule has 17 heteroatoms. The summed E-state index contributed by atoms with van der Waals surface area (Å²) in [7, 11) is 4.82. The van der Waals surface area contributed by atoms with Gasteiger partial charge in [-0.05, 0) is 72.2 Å². The highest BCUT2D eigenvalue weighted by Gasteiger charge is 2.53. The number of aldehydes is 1. The summed E-state index contributed by atoms with van der Waals surface area (Å²) >= 11 is 0. The number of hydrogen-bond acceptors (Lipinski definition) is 17. The number of nitrogens with zero attached hydrogens (tertiary/aromatic N) is 1. The Kier molecular flexibility index (Phi) is 17.6. The van der Waals surface area contributed by atoms with Gasteiger partial charge in [-0.15, -0.1) is 0 Å². The van der Waals surface area contributed by atoms with E-state index in [1.807, 2.05) is 13.8 Å². The fraction of sp³-hybridized carbons (Fsp3) is 0.833. The lowest BCUT2D eigenvalue weighted by molar-refractivity contribution is -0.344. The smallest absolute Gasteiger partial charge is 0.309 e. The van der Waals surface area contributed by atoms with Gasteiger partial charge in [0.25, 0.3) is 0 Å². The summed E-state index contributed by atoms with van der Waals surface area (Å²) in [6, 6.07) is -0.800. The molecule has 0 bridgehead atoms. The maximum absolute atomic E-state index is 13.4. The number of allylic oxidation sites excluding steroid dienone is 1. The number of aliphatic hydroxyl groups is 2. The highest BCUT2D eigenvalue weighted by molar-refractivity contribution is 5.91. The monoisotopic (exact) mass is 841 g/mol. The Morgan fingerprint density at radius 1 is 1.00 bits per heavy atom. The maximum atomic E-state index is 13.4. The Bertz CT molecular complexity index is 1470. The number of hydrogen-bond donors (Lipinski definition) is 2. The second-order valence-electron chi connectivity index (χ2n) is 17.5. The molecule has 17 nitrogen and oxygen atoms in total. The summed E-state index contributed by atoms with van der Waals surface area (Å²) in [4.78, 5) is 65.8. The van der Waals surface area contributed by atoms with Crippen molar-refractivity contribution in [3.63, 3.8) is 0 Å². The van der Waals surface area contributed by atoms with Gasteiger partial charge in [-0.2, -0.15) is 0 Å². The van der Waals surface area contributed by atoms with Crippen molar-refractivity contribution in [2.24, 2.45) is 17.8 Å². The third-order valence-corrected chi connectivity index (χ3v) is 11.4. The molecule has 59 heavy (non-hydrogen) atoms. The zero-order valence-electron chi connectivity index (χ0n) is 36.3. The Hall–Kier alpha value is -2.87. The number of ketones is 1.